The normalized spacial score (nSPS) is 16.0. The SMILES string of the molecule is O=C1OC(/C=C\c2ccccc2)=NC/1=C/c1cc(Br)ccc1O. The summed E-state index contributed by atoms with van der Waals surface area (Å²) in [7, 11) is 0. The van der Waals surface area contributed by atoms with Crippen molar-refractivity contribution < 1.29 is 14.6 Å². The minimum Gasteiger partial charge on any atom is -0.507 e. The Morgan fingerprint density at radius 3 is 2.65 bits per heavy atom. The molecule has 0 unspecified atom stereocenters. The van der Waals surface area contributed by atoms with Crippen LogP contribution in [0.4, 0.5) is 0 Å². The molecule has 2 aromatic carbocycles. The first kappa shape index (κ1) is 15.2. The number of nitrogens with zero attached hydrogens (tertiary/aromatic N) is 1. The van der Waals surface area contributed by atoms with E-state index in [9.17, 15) is 9.90 Å². The molecule has 0 spiro atoms. The Kier molecular flexibility index (Phi) is 4.39. The van der Waals surface area contributed by atoms with Gasteiger partial charge >= 0.3 is 5.97 Å². The van der Waals surface area contributed by atoms with E-state index in [1.54, 1.807) is 18.2 Å². The number of phenolic OH excluding ortho intramolecular Hbond substituents is 1. The molecule has 114 valence electrons. The Bertz CT molecular complexity index is 839. The second kappa shape index (κ2) is 6.62. The van der Waals surface area contributed by atoms with Gasteiger partial charge in [0.15, 0.2) is 5.70 Å². The summed E-state index contributed by atoms with van der Waals surface area (Å²) in [6.07, 6.45) is 4.94. The lowest BCUT2D eigenvalue weighted by atomic mass is 10.1. The Morgan fingerprint density at radius 2 is 1.87 bits per heavy atom. The lowest BCUT2D eigenvalue weighted by Crippen LogP contribution is -2.01. The second-order valence-corrected chi connectivity index (χ2v) is 5.73. The van der Waals surface area contributed by atoms with Crippen molar-refractivity contribution in [1.82, 2.24) is 0 Å². The fourth-order valence-corrected chi connectivity index (χ4v) is 2.40. The molecule has 1 heterocycles. The number of cyclic esters (lactones) is 1. The highest BCUT2D eigenvalue weighted by molar-refractivity contribution is 9.10. The lowest BCUT2D eigenvalue weighted by Gasteiger charge is -1.99. The number of halogens is 1. The van der Waals surface area contributed by atoms with E-state index in [1.165, 1.54) is 12.1 Å². The molecule has 3 rings (SSSR count). The fourth-order valence-electron chi connectivity index (χ4n) is 2.02. The van der Waals surface area contributed by atoms with Crippen molar-refractivity contribution in [3.05, 3.63) is 75.9 Å². The molecule has 1 aliphatic heterocycles. The number of benzene rings is 2. The minimum atomic E-state index is -0.544. The molecule has 0 fully saturated rings. The van der Waals surface area contributed by atoms with Crippen molar-refractivity contribution in [3.63, 3.8) is 0 Å². The fraction of sp³-hybridized carbons (Fsp3) is 0. The monoisotopic (exact) mass is 369 g/mol. The van der Waals surface area contributed by atoms with Crippen molar-refractivity contribution in [1.29, 1.82) is 0 Å². The Balaban J connectivity index is 1.85. The first-order chi connectivity index (χ1) is 11.1. The Morgan fingerprint density at radius 1 is 1.09 bits per heavy atom. The number of carbonyl (C=O) groups excluding carboxylic acids is 1. The van der Waals surface area contributed by atoms with Crippen LogP contribution in [0, 0.1) is 0 Å². The van der Waals surface area contributed by atoms with Crippen LogP contribution in [0.25, 0.3) is 12.2 Å². The summed E-state index contributed by atoms with van der Waals surface area (Å²) >= 11 is 3.32. The summed E-state index contributed by atoms with van der Waals surface area (Å²) in [6, 6.07) is 14.6. The second-order valence-electron chi connectivity index (χ2n) is 4.82. The van der Waals surface area contributed by atoms with Crippen LogP contribution in [0.15, 0.2) is 69.8 Å². The van der Waals surface area contributed by atoms with Crippen LogP contribution in [0.1, 0.15) is 11.1 Å². The third kappa shape index (κ3) is 3.76. The maximum atomic E-state index is 11.9. The highest BCUT2D eigenvalue weighted by Gasteiger charge is 2.21. The number of hydrogen-bond donors (Lipinski definition) is 1. The zero-order valence-corrected chi connectivity index (χ0v) is 13.5. The van der Waals surface area contributed by atoms with Crippen LogP contribution in [-0.4, -0.2) is 17.0 Å². The van der Waals surface area contributed by atoms with Crippen molar-refractivity contribution >= 4 is 39.9 Å². The average molecular weight is 370 g/mol. The first-order valence-corrected chi connectivity index (χ1v) is 7.65. The highest BCUT2D eigenvalue weighted by Crippen LogP contribution is 2.26. The van der Waals surface area contributed by atoms with E-state index in [-0.39, 0.29) is 17.3 Å². The molecule has 1 aliphatic rings. The number of aromatic hydroxyl groups is 1. The number of phenols is 1. The van der Waals surface area contributed by atoms with Gasteiger partial charge in [0.25, 0.3) is 0 Å². The van der Waals surface area contributed by atoms with E-state index >= 15 is 0 Å². The molecule has 0 aliphatic carbocycles. The van der Waals surface area contributed by atoms with Gasteiger partial charge in [0.05, 0.1) is 0 Å². The standard InChI is InChI=1S/C18H12BrNO3/c19-14-7-8-16(21)13(10-14)11-15-18(22)23-17(20-15)9-6-12-4-2-1-3-5-12/h1-11,21H/b9-6-,15-11+. The van der Waals surface area contributed by atoms with Crippen LogP contribution in [0.5, 0.6) is 5.75 Å². The zero-order valence-electron chi connectivity index (χ0n) is 11.9. The molecule has 0 saturated carbocycles. The van der Waals surface area contributed by atoms with Gasteiger partial charge in [0.1, 0.15) is 5.75 Å². The topological polar surface area (TPSA) is 58.9 Å². The summed E-state index contributed by atoms with van der Waals surface area (Å²) in [5.41, 5.74) is 1.61. The molecule has 2 aromatic rings. The van der Waals surface area contributed by atoms with Crippen molar-refractivity contribution in [2.24, 2.45) is 4.99 Å². The van der Waals surface area contributed by atoms with E-state index in [4.69, 9.17) is 4.74 Å². The quantitative estimate of drug-likeness (QED) is 0.652. The molecule has 23 heavy (non-hydrogen) atoms. The molecule has 4 nitrogen and oxygen atoms in total. The van der Waals surface area contributed by atoms with E-state index in [0.29, 0.717) is 5.56 Å². The largest absolute Gasteiger partial charge is 0.507 e. The van der Waals surface area contributed by atoms with Gasteiger partial charge in [-0.15, -0.1) is 0 Å². The van der Waals surface area contributed by atoms with Crippen molar-refractivity contribution in [2.45, 2.75) is 0 Å². The molecule has 0 aromatic heterocycles. The Labute approximate surface area is 141 Å². The smallest absolute Gasteiger partial charge is 0.363 e. The van der Waals surface area contributed by atoms with Gasteiger partial charge < -0.3 is 9.84 Å². The molecule has 0 atom stereocenters. The molecular formula is C18H12BrNO3. The summed E-state index contributed by atoms with van der Waals surface area (Å²) in [5.74, 6) is -0.256. The van der Waals surface area contributed by atoms with E-state index in [1.807, 2.05) is 36.4 Å². The van der Waals surface area contributed by atoms with Gasteiger partial charge in [-0.25, -0.2) is 9.79 Å². The molecule has 1 N–H and O–H groups in total. The molecule has 0 saturated heterocycles. The molecule has 0 amide bonds. The van der Waals surface area contributed by atoms with E-state index in [2.05, 4.69) is 20.9 Å². The maximum Gasteiger partial charge on any atom is 0.363 e. The number of carbonyl (C=O) groups is 1. The minimum absolute atomic E-state index is 0.0666. The molecular weight excluding hydrogens is 358 g/mol. The third-order valence-electron chi connectivity index (χ3n) is 3.14. The van der Waals surface area contributed by atoms with Gasteiger partial charge in [-0.05, 0) is 35.9 Å². The average Bonchev–Trinajstić information content (AvgIpc) is 2.90. The van der Waals surface area contributed by atoms with Gasteiger partial charge in [-0.2, -0.15) is 0 Å². The summed E-state index contributed by atoms with van der Waals surface area (Å²) in [4.78, 5) is 16.0. The third-order valence-corrected chi connectivity index (χ3v) is 3.63. The number of esters is 1. The predicted octanol–water partition coefficient (Wildman–Crippen LogP) is 4.16. The van der Waals surface area contributed by atoms with Gasteiger partial charge in [0, 0.05) is 16.1 Å². The van der Waals surface area contributed by atoms with Crippen LogP contribution < -0.4 is 0 Å². The highest BCUT2D eigenvalue weighted by atomic mass is 79.9. The van der Waals surface area contributed by atoms with Gasteiger partial charge in [-0.3, -0.25) is 0 Å². The molecule has 5 heteroatoms. The number of rotatable bonds is 3. The van der Waals surface area contributed by atoms with Crippen LogP contribution >= 0.6 is 15.9 Å². The van der Waals surface area contributed by atoms with E-state index < -0.39 is 5.97 Å². The Hall–Kier alpha value is -2.66. The number of ether oxygens (including phenoxy) is 1. The van der Waals surface area contributed by atoms with Gasteiger partial charge in [0.2, 0.25) is 5.90 Å². The van der Waals surface area contributed by atoms with E-state index in [0.717, 1.165) is 10.0 Å². The molecule has 0 bridgehead atoms. The molecule has 0 radical (unpaired) electrons. The van der Waals surface area contributed by atoms with Crippen molar-refractivity contribution in [3.8, 4) is 5.75 Å². The van der Waals surface area contributed by atoms with Crippen LogP contribution in [0.3, 0.4) is 0 Å². The summed E-state index contributed by atoms with van der Waals surface area (Å²) < 4.78 is 5.89. The number of hydrogen-bond acceptors (Lipinski definition) is 4. The van der Waals surface area contributed by atoms with Crippen LogP contribution in [-0.2, 0) is 9.53 Å². The van der Waals surface area contributed by atoms with Crippen LogP contribution in [0.2, 0.25) is 0 Å². The summed E-state index contributed by atoms with van der Waals surface area (Å²) in [6.45, 7) is 0. The predicted molar refractivity (Wildman–Crippen MR) is 92.8 cm³/mol. The van der Waals surface area contributed by atoms with Crippen molar-refractivity contribution in [2.75, 3.05) is 0 Å². The zero-order chi connectivity index (χ0) is 16.2. The maximum absolute atomic E-state index is 11.9. The first-order valence-electron chi connectivity index (χ1n) is 6.86. The van der Waals surface area contributed by atoms with Gasteiger partial charge in [-0.1, -0.05) is 46.3 Å². The lowest BCUT2D eigenvalue weighted by molar-refractivity contribution is -0.129. The number of aliphatic imine (C=N–C) groups is 1. The summed E-state index contributed by atoms with van der Waals surface area (Å²) in [5, 5.41) is 9.82.